The lowest BCUT2D eigenvalue weighted by atomic mass is 9.84. The molecule has 0 spiro atoms. The van der Waals surface area contributed by atoms with Crippen molar-refractivity contribution in [2.45, 2.75) is 33.2 Å². The van der Waals surface area contributed by atoms with Gasteiger partial charge in [0, 0.05) is 18.3 Å². The van der Waals surface area contributed by atoms with Crippen LogP contribution in [0.5, 0.6) is 11.5 Å². The SMILES string of the molecule is COc1cccc(C2C(C#N)=C(N)Oc3cc(C)n(CC(C)C)c(=O)c32)c1. The average Bonchev–Trinajstić information content (AvgIpc) is 2.64. The number of rotatable bonds is 4. The number of fused-ring (bicyclic) bond motifs is 1. The van der Waals surface area contributed by atoms with Gasteiger partial charge in [0.25, 0.3) is 5.56 Å². The molecule has 1 aromatic heterocycles. The number of allylic oxidation sites excluding steroid dienone is 1. The number of aromatic nitrogens is 1. The Morgan fingerprint density at radius 1 is 1.37 bits per heavy atom. The molecule has 2 N–H and O–H groups in total. The maximum atomic E-state index is 13.4. The third kappa shape index (κ3) is 3.28. The van der Waals surface area contributed by atoms with Gasteiger partial charge in [-0.1, -0.05) is 26.0 Å². The number of benzene rings is 1. The van der Waals surface area contributed by atoms with Gasteiger partial charge in [-0.3, -0.25) is 4.79 Å². The van der Waals surface area contributed by atoms with Gasteiger partial charge in [0.2, 0.25) is 5.88 Å². The molecule has 6 heteroatoms. The van der Waals surface area contributed by atoms with Crippen molar-refractivity contribution in [3.63, 3.8) is 0 Å². The minimum Gasteiger partial charge on any atom is -0.497 e. The number of nitrogens with zero attached hydrogens (tertiary/aromatic N) is 2. The summed E-state index contributed by atoms with van der Waals surface area (Å²) in [5.74, 6) is 0.779. The Morgan fingerprint density at radius 3 is 2.74 bits per heavy atom. The second-order valence-electron chi connectivity index (χ2n) is 7.07. The topological polar surface area (TPSA) is 90.3 Å². The molecule has 1 aliphatic heterocycles. The highest BCUT2D eigenvalue weighted by Crippen LogP contribution is 2.41. The van der Waals surface area contributed by atoms with Crippen molar-refractivity contribution in [3.05, 3.63) is 69.0 Å². The Balaban J connectivity index is 2.30. The first-order valence-electron chi connectivity index (χ1n) is 8.83. The molecule has 140 valence electrons. The van der Waals surface area contributed by atoms with Gasteiger partial charge in [0.15, 0.2) is 0 Å². The van der Waals surface area contributed by atoms with E-state index in [-0.39, 0.29) is 17.0 Å². The van der Waals surface area contributed by atoms with Crippen LogP contribution in [0.25, 0.3) is 0 Å². The van der Waals surface area contributed by atoms with E-state index in [1.54, 1.807) is 11.7 Å². The van der Waals surface area contributed by atoms with Gasteiger partial charge in [-0.25, -0.2) is 0 Å². The number of methoxy groups -OCH3 is 1. The number of hydrogen-bond donors (Lipinski definition) is 1. The summed E-state index contributed by atoms with van der Waals surface area (Å²) in [7, 11) is 1.57. The highest BCUT2D eigenvalue weighted by atomic mass is 16.5. The van der Waals surface area contributed by atoms with Gasteiger partial charge in [-0.2, -0.15) is 5.26 Å². The van der Waals surface area contributed by atoms with Crippen molar-refractivity contribution in [3.8, 4) is 17.6 Å². The Labute approximate surface area is 158 Å². The molecule has 2 heterocycles. The summed E-state index contributed by atoms with van der Waals surface area (Å²) >= 11 is 0. The molecule has 0 amide bonds. The maximum Gasteiger partial charge on any atom is 0.258 e. The zero-order valence-electron chi connectivity index (χ0n) is 15.9. The lowest BCUT2D eigenvalue weighted by Crippen LogP contribution is -2.33. The summed E-state index contributed by atoms with van der Waals surface area (Å²) in [6.45, 7) is 6.57. The van der Waals surface area contributed by atoms with E-state index >= 15 is 0 Å². The number of ether oxygens (including phenoxy) is 2. The summed E-state index contributed by atoms with van der Waals surface area (Å²) in [4.78, 5) is 13.4. The Morgan fingerprint density at radius 2 is 2.11 bits per heavy atom. The molecule has 1 aromatic carbocycles. The number of nitriles is 1. The van der Waals surface area contributed by atoms with Crippen molar-refractivity contribution in [2.24, 2.45) is 11.7 Å². The molecular formula is C21H23N3O3. The number of aryl methyl sites for hydroxylation is 1. The van der Waals surface area contributed by atoms with Crippen LogP contribution in [0.4, 0.5) is 0 Å². The van der Waals surface area contributed by atoms with Crippen molar-refractivity contribution in [1.29, 1.82) is 5.26 Å². The standard InChI is InChI=1S/C21H23N3O3/c1-12(2)11-24-13(3)8-17-19(21(24)25)18(16(10-22)20(23)27-17)14-6-5-7-15(9-14)26-4/h5-9,12,18H,11,23H2,1-4H3. The highest BCUT2D eigenvalue weighted by molar-refractivity contribution is 5.56. The van der Waals surface area contributed by atoms with Gasteiger partial charge >= 0.3 is 0 Å². The molecule has 3 rings (SSSR count). The van der Waals surface area contributed by atoms with Crippen LogP contribution in [0.2, 0.25) is 0 Å². The van der Waals surface area contributed by atoms with E-state index in [0.717, 1.165) is 11.3 Å². The molecular weight excluding hydrogens is 342 g/mol. The first-order valence-corrected chi connectivity index (χ1v) is 8.83. The molecule has 1 atom stereocenters. The van der Waals surface area contributed by atoms with Crippen LogP contribution in [0.3, 0.4) is 0 Å². The monoisotopic (exact) mass is 365 g/mol. The van der Waals surface area contributed by atoms with Gasteiger partial charge in [-0.15, -0.1) is 0 Å². The molecule has 6 nitrogen and oxygen atoms in total. The Bertz CT molecular complexity index is 1010. The largest absolute Gasteiger partial charge is 0.497 e. The normalized spacial score (nSPS) is 15.9. The van der Waals surface area contributed by atoms with Crippen molar-refractivity contribution in [1.82, 2.24) is 4.57 Å². The van der Waals surface area contributed by atoms with E-state index in [9.17, 15) is 10.1 Å². The predicted octanol–water partition coefficient (Wildman–Crippen LogP) is 3.04. The third-order valence-corrected chi connectivity index (χ3v) is 4.66. The predicted molar refractivity (Wildman–Crippen MR) is 103 cm³/mol. The van der Waals surface area contributed by atoms with E-state index in [1.807, 2.05) is 37.3 Å². The van der Waals surface area contributed by atoms with Gasteiger partial charge < -0.3 is 19.8 Å². The minimum atomic E-state index is -0.597. The molecule has 0 saturated heterocycles. The van der Waals surface area contributed by atoms with Crippen molar-refractivity contribution >= 4 is 0 Å². The Kier molecular flexibility index (Phi) is 4.95. The fraction of sp³-hybridized carbons (Fsp3) is 0.333. The summed E-state index contributed by atoms with van der Waals surface area (Å²) in [6, 6.07) is 11.3. The fourth-order valence-corrected chi connectivity index (χ4v) is 3.43. The van der Waals surface area contributed by atoms with Crippen LogP contribution in [-0.4, -0.2) is 11.7 Å². The quantitative estimate of drug-likeness (QED) is 0.899. The van der Waals surface area contributed by atoms with Crippen LogP contribution in [0, 0.1) is 24.2 Å². The van der Waals surface area contributed by atoms with Crippen LogP contribution in [0.15, 0.2) is 46.6 Å². The lowest BCUT2D eigenvalue weighted by molar-refractivity contribution is 0.385. The van der Waals surface area contributed by atoms with E-state index in [1.165, 1.54) is 0 Å². The van der Waals surface area contributed by atoms with Crippen LogP contribution in [0.1, 0.15) is 36.6 Å². The summed E-state index contributed by atoms with van der Waals surface area (Å²) in [5.41, 5.74) is 8.07. The Hall–Kier alpha value is -3.20. The van der Waals surface area contributed by atoms with E-state index in [4.69, 9.17) is 15.2 Å². The third-order valence-electron chi connectivity index (χ3n) is 4.66. The molecule has 0 fully saturated rings. The zero-order valence-corrected chi connectivity index (χ0v) is 15.9. The first-order chi connectivity index (χ1) is 12.9. The van der Waals surface area contributed by atoms with Crippen LogP contribution < -0.4 is 20.8 Å². The highest BCUT2D eigenvalue weighted by Gasteiger charge is 2.34. The van der Waals surface area contributed by atoms with Gasteiger partial charge in [0.1, 0.15) is 23.1 Å². The van der Waals surface area contributed by atoms with Crippen LogP contribution in [-0.2, 0) is 6.54 Å². The van der Waals surface area contributed by atoms with E-state index in [0.29, 0.717) is 29.5 Å². The summed E-state index contributed by atoms with van der Waals surface area (Å²) in [6.07, 6.45) is 0. The summed E-state index contributed by atoms with van der Waals surface area (Å²) < 4.78 is 12.7. The molecule has 0 saturated carbocycles. The number of nitrogens with two attached hydrogens (primary N) is 1. The smallest absolute Gasteiger partial charge is 0.258 e. The van der Waals surface area contributed by atoms with Crippen molar-refractivity contribution < 1.29 is 9.47 Å². The van der Waals surface area contributed by atoms with Gasteiger partial charge in [0.05, 0.1) is 18.6 Å². The van der Waals surface area contributed by atoms with E-state index < -0.39 is 5.92 Å². The second kappa shape index (κ2) is 7.20. The maximum absolute atomic E-state index is 13.4. The minimum absolute atomic E-state index is 0.0261. The summed E-state index contributed by atoms with van der Waals surface area (Å²) in [5, 5.41) is 9.70. The first kappa shape index (κ1) is 18.6. The fourth-order valence-electron chi connectivity index (χ4n) is 3.43. The average molecular weight is 365 g/mol. The molecule has 0 radical (unpaired) electrons. The lowest BCUT2D eigenvalue weighted by Gasteiger charge is -2.27. The van der Waals surface area contributed by atoms with Crippen LogP contribution >= 0.6 is 0 Å². The molecule has 27 heavy (non-hydrogen) atoms. The zero-order chi connectivity index (χ0) is 19.7. The molecule has 1 aliphatic rings. The molecule has 0 bridgehead atoms. The van der Waals surface area contributed by atoms with Crippen molar-refractivity contribution in [2.75, 3.05) is 7.11 Å². The molecule has 1 unspecified atom stereocenters. The van der Waals surface area contributed by atoms with Gasteiger partial charge in [-0.05, 0) is 30.5 Å². The second-order valence-corrected chi connectivity index (χ2v) is 7.07. The number of pyridine rings is 1. The number of hydrogen-bond acceptors (Lipinski definition) is 5. The van der Waals surface area contributed by atoms with E-state index in [2.05, 4.69) is 19.9 Å². The molecule has 2 aromatic rings. The molecule has 0 aliphatic carbocycles.